The average molecular weight is 441 g/mol. The van der Waals surface area contributed by atoms with Crippen molar-refractivity contribution in [3.8, 4) is 5.75 Å². The van der Waals surface area contributed by atoms with Crippen LogP contribution in [0.15, 0.2) is 71.8 Å². The average Bonchev–Trinajstić information content (AvgIpc) is 2.77. The highest BCUT2D eigenvalue weighted by Gasteiger charge is 2.13. The second kappa shape index (κ2) is 10.2. The molecule has 0 aromatic heterocycles. The van der Waals surface area contributed by atoms with Crippen molar-refractivity contribution >= 4 is 46.7 Å². The summed E-state index contributed by atoms with van der Waals surface area (Å²) in [6, 6.07) is 17.5. The Morgan fingerprint density at radius 1 is 1.00 bits per heavy atom. The number of methoxy groups -OCH3 is 1. The van der Waals surface area contributed by atoms with Crippen LogP contribution in [0, 0.1) is 5.82 Å². The van der Waals surface area contributed by atoms with Gasteiger partial charge in [0.05, 0.1) is 19.0 Å². The van der Waals surface area contributed by atoms with Crippen LogP contribution in [-0.4, -0.2) is 25.1 Å². The molecule has 0 heterocycles. The lowest BCUT2D eigenvalue weighted by Gasteiger charge is -2.10. The van der Waals surface area contributed by atoms with Crippen LogP contribution in [0.25, 0.3) is 0 Å². The van der Waals surface area contributed by atoms with Gasteiger partial charge in [-0.3, -0.25) is 9.59 Å². The molecule has 0 bridgehead atoms. The number of ether oxygens (including phenoxy) is 1. The molecule has 31 heavy (non-hydrogen) atoms. The highest BCUT2D eigenvalue weighted by molar-refractivity contribution is 6.39. The lowest BCUT2D eigenvalue weighted by atomic mass is 10.2. The number of amides is 2. The predicted octanol–water partition coefficient (Wildman–Crippen LogP) is 4.32. The van der Waals surface area contributed by atoms with Crippen LogP contribution in [0.3, 0.4) is 0 Å². The van der Waals surface area contributed by atoms with Crippen LogP contribution in [0.4, 0.5) is 21.5 Å². The number of carbonyl (C=O) groups is 2. The van der Waals surface area contributed by atoms with Gasteiger partial charge in [0.2, 0.25) is 0 Å². The number of para-hydroxylation sites is 1. The monoisotopic (exact) mass is 440 g/mol. The van der Waals surface area contributed by atoms with Crippen LogP contribution in [0.2, 0.25) is 5.02 Å². The van der Waals surface area contributed by atoms with E-state index in [9.17, 15) is 14.0 Å². The summed E-state index contributed by atoms with van der Waals surface area (Å²) in [6.07, 6.45) is 1.30. The summed E-state index contributed by atoms with van der Waals surface area (Å²) in [5, 5.41) is 9.61. The Morgan fingerprint density at radius 2 is 1.74 bits per heavy atom. The van der Waals surface area contributed by atoms with E-state index in [1.165, 1.54) is 19.4 Å². The first-order valence-electron chi connectivity index (χ1n) is 9.06. The van der Waals surface area contributed by atoms with E-state index in [1.807, 2.05) is 0 Å². The molecule has 3 N–H and O–H groups in total. The van der Waals surface area contributed by atoms with Gasteiger partial charge in [-0.2, -0.15) is 5.10 Å². The molecule has 0 aliphatic heterocycles. The molecule has 158 valence electrons. The van der Waals surface area contributed by atoms with Gasteiger partial charge in [0.25, 0.3) is 0 Å². The first kappa shape index (κ1) is 21.8. The molecule has 0 aliphatic rings. The van der Waals surface area contributed by atoms with E-state index in [4.69, 9.17) is 16.3 Å². The van der Waals surface area contributed by atoms with Gasteiger partial charge in [-0.1, -0.05) is 23.7 Å². The van der Waals surface area contributed by atoms with E-state index in [1.54, 1.807) is 60.7 Å². The molecule has 0 fully saturated rings. The first-order valence-corrected chi connectivity index (χ1v) is 9.43. The van der Waals surface area contributed by atoms with Crippen molar-refractivity contribution in [3.63, 3.8) is 0 Å². The lowest BCUT2D eigenvalue weighted by Crippen LogP contribution is -2.32. The third kappa shape index (κ3) is 6.03. The fourth-order valence-electron chi connectivity index (χ4n) is 2.54. The number of nitrogens with zero attached hydrogens (tertiary/aromatic N) is 1. The number of hydrogen-bond donors (Lipinski definition) is 3. The molecule has 0 spiro atoms. The summed E-state index contributed by atoms with van der Waals surface area (Å²) in [5.74, 6) is -1.66. The zero-order chi connectivity index (χ0) is 22.2. The molecule has 0 saturated carbocycles. The highest BCUT2D eigenvalue weighted by Crippen LogP contribution is 2.24. The molecular weight excluding hydrogens is 423 g/mol. The lowest BCUT2D eigenvalue weighted by molar-refractivity contribution is -0.136. The molecule has 2 amide bonds. The largest absolute Gasteiger partial charge is 0.497 e. The summed E-state index contributed by atoms with van der Waals surface area (Å²) in [6.45, 7) is 0. The van der Waals surface area contributed by atoms with Gasteiger partial charge in [-0.25, -0.2) is 9.82 Å². The van der Waals surface area contributed by atoms with E-state index in [2.05, 4.69) is 21.2 Å². The number of nitrogens with one attached hydrogen (secondary N) is 3. The molecule has 0 saturated heterocycles. The van der Waals surface area contributed by atoms with Crippen molar-refractivity contribution in [1.82, 2.24) is 5.43 Å². The van der Waals surface area contributed by atoms with Gasteiger partial charge < -0.3 is 15.4 Å². The molecule has 7 nitrogen and oxygen atoms in total. The van der Waals surface area contributed by atoms with Gasteiger partial charge in [0, 0.05) is 22.0 Å². The SMILES string of the molecule is COc1ccc(NC(=O)C(=O)N/N=C\c2cc(Cl)ccc2Nc2ccccc2F)cc1. The molecule has 3 aromatic rings. The van der Waals surface area contributed by atoms with Crippen LogP contribution < -0.4 is 20.8 Å². The number of halogens is 2. The van der Waals surface area contributed by atoms with Gasteiger partial charge in [-0.15, -0.1) is 0 Å². The number of hydrazone groups is 1. The quantitative estimate of drug-likeness (QED) is 0.302. The zero-order valence-electron chi connectivity index (χ0n) is 16.4. The minimum Gasteiger partial charge on any atom is -0.497 e. The predicted molar refractivity (Wildman–Crippen MR) is 118 cm³/mol. The molecular formula is C22H18ClFN4O3. The summed E-state index contributed by atoms with van der Waals surface area (Å²) < 4.78 is 19.0. The van der Waals surface area contributed by atoms with E-state index in [0.29, 0.717) is 27.7 Å². The Morgan fingerprint density at radius 3 is 2.45 bits per heavy atom. The van der Waals surface area contributed by atoms with Gasteiger partial charge in [-0.05, 0) is 54.6 Å². The van der Waals surface area contributed by atoms with E-state index in [0.717, 1.165) is 0 Å². The molecule has 3 rings (SSSR count). The maximum Gasteiger partial charge on any atom is 0.329 e. The summed E-state index contributed by atoms with van der Waals surface area (Å²) in [5.41, 5.74) is 3.83. The molecule has 3 aromatic carbocycles. The van der Waals surface area contributed by atoms with E-state index >= 15 is 0 Å². The van der Waals surface area contributed by atoms with Crippen molar-refractivity contribution in [2.45, 2.75) is 0 Å². The molecule has 0 aliphatic carbocycles. The van der Waals surface area contributed by atoms with Crippen LogP contribution in [-0.2, 0) is 9.59 Å². The van der Waals surface area contributed by atoms with Gasteiger partial charge in [0.15, 0.2) is 0 Å². The number of hydrogen-bond acceptors (Lipinski definition) is 5. The Kier molecular flexibility index (Phi) is 7.18. The second-order valence-electron chi connectivity index (χ2n) is 6.22. The molecule has 0 atom stereocenters. The van der Waals surface area contributed by atoms with E-state index in [-0.39, 0.29) is 5.69 Å². The minimum absolute atomic E-state index is 0.266. The van der Waals surface area contributed by atoms with Gasteiger partial charge in [0.1, 0.15) is 11.6 Å². The smallest absolute Gasteiger partial charge is 0.329 e. The Bertz CT molecular complexity index is 1120. The third-order valence-electron chi connectivity index (χ3n) is 4.08. The van der Waals surface area contributed by atoms with Gasteiger partial charge >= 0.3 is 11.8 Å². The summed E-state index contributed by atoms with van der Waals surface area (Å²) in [7, 11) is 1.52. The number of rotatable bonds is 6. The van der Waals surface area contributed by atoms with Crippen molar-refractivity contribution in [2.75, 3.05) is 17.7 Å². The first-order chi connectivity index (χ1) is 15.0. The standard InChI is InChI=1S/C22H18ClFN4O3/c1-31-17-9-7-16(8-10-17)26-21(29)22(30)28-25-13-14-12-15(23)6-11-19(14)27-20-5-3-2-4-18(20)24/h2-13,27H,1H3,(H,26,29)(H,28,30)/b25-13-. The van der Waals surface area contributed by atoms with Crippen molar-refractivity contribution < 1.29 is 18.7 Å². The maximum absolute atomic E-state index is 13.9. The number of anilines is 3. The Hall–Kier alpha value is -3.91. The fourth-order valence-corrected chi connectivity index (χ4v) is 2.72. The van der Waals surface area contributed by atoms with Crippen LogP contribution >= 0.6 is 11.6 Å². The number of carbonyl (C=O) groups excluding carboxylic acids is 2. The topological polar surface area (TPSA) is 91.8 Å². The maximum atomic E-state index is 13.9. The molecule has 0 unspecified atom stereocenters. The normalized spacial score (nSPS) is 10.5. The van der Waals surface area contributed by atoms with Crippen LogP contribution in [0.5, 0.6) is 5.75 Å². The zero-order valence-corrected chi connectivity index (χ0v) is 17.1. The second-order valence-corrected chi connectivity index (χ2v) is 6.65. The Balaban J connectivity index is 1.65. The fraction of sp³-hybridized carbons (Fsp3) is 0.0455. The Labute approximate surface area is 182 Å². The summed E-state index contributed by atoms with van der Waals surface area (Å²) >= 11 is 6.03. The third-order valence-corrected chi connectivity index (χ3v) is 4.32. The molecule has 0 radical (unpaired) electrons. The highest BCUT2D eigenvalue weighted by atomic mass is 35.5. The van der Waals surface area contributed by atoms with Crippen molar-refractivity contribution in [1.29, 1.82) is 0 Å². The summed E-state index contributed by atoms with van der Waals surface area (Å²) in [4.78, 5) is 24.0. The van der Waals surface area contributed by atoms with Crippen molar-refractivity contribution in [3.05, 3.63) is 83.1 Å². The van der Waals surface area contributed by atoms with Crippen LogP contribution in [0.1, 0.15) is 5.56 Å². The van der Waals surface area contributed by atoms with E-state index < -0.39 is 17.6 Å². The molecule has 9 heteroatoms. The number of benzene rings is 3. The van der Waals surface area contributed by atoms with Crippen molar-refractivity contribution in [2.24, 2.45) is 5.10 Å². The minimum atomic E-state index is -0.960.